The summed E-state index contributed by atoms with van der Waals surface area (Å²) < 4.78 is 10.4. The quantitative estimate of drug-likeness (QED) is 0.577. The highest BCUT2D eigenvalue weighted by Gasteiger charge is 2.17. The standard InChI is InChI=1S/C9H16O2/c1-3-8(2)4-5-11-9-6-10-7-9/h4,9H,3,5-7H2,1-2H3. The molecule has 0 aromatic rings. The zero-order valence-corrected chi connectivity index (χ0v) is 7.30. The third-order valence-electron chi connectivity index (χ3n) is 1.93. The van der Waals surface area contributed by atoms with E-state index in [1.54, 1.807) is 0 Å². The van der Waals surface area contributed by atoms with Crippen molar-refractivity contribution in [1.29, 1.82) is 0 Å². The minimum Gasteiger partial charge on any atom is -0.376 e. The average molecular weight is 156 g/mol. The Hall–Kier alpha value is -0.340. The summed E-state index contributed by atoms with van der Waals surface area (Å²) in [5, 5.41) is 0. The largest absolute Gasteiger partial charge is 0.376 e. The summed E-state index contributed by atoms with van der Waals surface area (Å²) >= 11 is 0. The van der Waals surface area contributed by atoms with Gasteiger partial charge in [0, 0.05) is 0 Å². The van der Waals surface area contributed by atoms with Crippen molar-refractivity contribution in [3.63, 3.8) is 0 Å². The minimum absolute atomic E-state index is 0.357. The Balaban J connectivity index is 2.02. The van der Waals surface area contributed by atoms with Gasteiger partial charge in [-0.1, -0.05) is 18.6 Å². The molecule has 1 aliphatic rings. The van der Waals surface area contributed by atoms with E-state index in [9.17, 15) is 0 Å². The van der Waals surface area contributed by atoms with E-state index in [0.717, 1.165) is 26.2 Å². The lowest BCUT2D eigenvalue weighted by atomic mass is 10.2. The molecule has 1 aliphatic heterocycles. The Morgan fingerprint density at radius 2 is 2.36 bits per heavy atom. The zero-order valence-electron chi connectivity index (χ0n) is 7.30. The molecule has 2 heteroatoms. The van der Waals surface area contributed by atoms with Crippen LogP contribution in [0.2, 0.25) is 0 Å². The summed E-state index contributed by atoms with van der Waals surface area (Å²) in [6.45, 7) is 6.57. The molecule has 64 valence electrons. The van der Waals surface area contributed by atoms with Gasteiger partial charge in [-0.15, -0.1) is 0 Å². The smallest absolute Gasteiger partial charge is 0.104 e. The summed E-state index contributed by atoms with van der Waals surface area (Å²) in [5.41, 5.74) is 1.39. The molecule has 1 saturated heterocycles. The molecular weight excluding hydrogens is 140 g/mol. The van der Waals surface area contributed by atoms with Crippen molar-refractivity contribution in [2.24, 2.45) is 0 Å². The maximum Gasteiger partial charge on any atom is 0.104 e. The second kappa shape index (κ2) is 4.52. The topological polar surface area (TPSA) is 18.5 Å². The minimum atomic E-state index is 0.357. The van der Waals surface area contributed by atoms with E-state index in [2.05, 4.69) is 19.9 Å². The summed E-state index contributed by atoms with van der Waals surface area (Å²) in [4.78, 5) is 0. The van der Waals surface area contributed by atoms with E-state index < -0.39 is 0 Å². The molecular formula is C9H16O2. The van der Waals surface area contributed by atoms with Crippen LogP contribution in [-0.4, -0.2) is 25.9 Å². The Kier molecular flexibility index (Phi) is 3.60. The number of ether oxygens (including phenoxy) is 2. The van der Waals surface area contributed by atoms with Gasteiger partial charge in [0.25, 0.3) is 0 Å². The fourth-order valence-electron chi connectivity index (χ4n) is 0.781. The first-order valence-electron chi connectivity index (χ1n) is 4.18. The number of allylic oxidation sites excluding steroid dienone is 1. The Labute approximate surface area is 68.2 Å². The predicted molar refractivity (Wildman–Crippen MR) is 44.6 cm³/mol. The first kappa shape index (κ1) is 8.75. The summed E-state index contributed by atoms with van der Waals surface area (Å²) in [5.74, 6) is 0. The van der Waals surface area contributed by atoms with Gasteiger partial charge in [-0.05, 0) is 13.3 Å². The molecule has 0 saturated carbocycles. The van der Waals surface area contributed by atoms with Crippen molar-refractivity contribution >= 4 is 0 Å². The lowest BCUT2D eigenvalue weighted by Gasteiger charge is -2.25. The molecule has 0 aliphatic carbocycles. The van der Waals surface area contributed by atoms with Crippen molar-refractivity contribution in [2.75, 3.05) is 19.8 Å². The van der Waals surface area contributed by atoms with Gasteiger partial charge in [-0.2, -0.15) is 0 Å². The molecule has 0 spiro atoms. The van der Waals surface area contributed by atoms with Crippen LogP contribution in [0.15, 0.2) is 11.6 Å². The highest BCUT2D eigenvalue weighted by Crippen LogP contribution is 2.06. The van der Waals surface area contributed by atoms with E-state index in [1.165, 1.54) is 5.57 Å². The van der Waals surface area contributed by atoms with Gasteiger partial charge in [0.05, 0.1) is 19.8 Å². The molecule has 1 rings (SSSR count). The maximum absolute atomic E-state index is 5.45. The van der Waals surface area contributed by atoms with Crippen LogP contribution in [0.25, 0.3) is 0 Å². The van der Waals surface area contributed by atoms with Crippen LogP contribution in [0, 0.1) is 0 Å². The zero-order chi connectivity index (χ0) is 8.10. The van der Waals surface area contributed by atoms with Gasteiger partial charge in [0.1, 0.15) is 6.10 Å². The van der Waals surface area contributed by atoms with Crippen molar-refractivity contribution in [2.45, 2.75) is 26.4 Å². The van der Waals surface area contributed by atoms with Gasteiger partial charge in [0.2, 0.25) is 0 Å². The van der Waals surface area contributed by atoms with Crippen LogP contribution in [0.3, 0.4) is 0 Å². The highest BCUT2D eigenvalue weighted by atomic mass is 16.6. The van der Waals surface area contributed by atoms with Gasteiger partial charge >= 0.3 is 0 Å². The molecule has 1 heterocycles. The van der Waals surface area contributed by atoms with Crippen LogP contribution in [-0.2, 0) is 9.47 Å². The fourth-order valence-corrected chi connectivity index (χ4v) is 0.781. The molecule has 0 atom stereocenters. The van der Waals surface area contributed by atoms with Gasteiger partial charge in [-0.25, -0.2) is 0 Å². The van der Waals surface area contributed by atoms with E-state index in [4.69, 9.17) is 9.47 Å². The number of hydrogen-bond acceptors (Lipinski definition) is 2. The highest BCUT2D eigenvalue weighted by molar-refractivity contribution is 4.96. The number of rotatable bonds is 4. The van der Waals surface area contributed by atoms with Crippen LogP contribution >= 0.6 is 0 Å². The molecule has 1 fully saturated rings. The SMILES string of the molecule is CCC(C)=CCOC1COC1. The van der Waals surface area contributed by atoms with Gasteiger partial charge in [0.15, 0.2) is 0 Å². The first-order valence-corrected chi connectivity index (χ1v) is 4.18. The molecule has 0 unspecified atom stereocenters. The third-order valence-corrected chi connectivity index (χ3v) is 1.93. The van der Waals surface area contributed by atoms with Crippen LogP contribution < -0.4 is 0 Å². The normalized spacial score (nSPS) is 20.0. The lowest BCUT2D eigenvalue weighted by Crippen LogP contribution is -2.36. The van der Waals surface area contributed by atoms with Gasteiger partial charge < -0.3 is 9.47 Å². The van der Waals surface area contributed by atoms with Crippen molar-refractivity contribution in [3.8, 4) is 0 Å². The third kappa shape index (κ3) is 3.04. The average Bonchev–Trinajstić information content (AvgIpc) is 1.94. The van der Waals surface area contributed by atoms with E-state index in [1.807, 2.05) is 0 Å². The lowest BCUT2D eigenvalue weighted by molar-refractivity contribution is -0.122. The second-order valence-corrected chi connectivity index (χ2v) is 2.90. The molecule has 2 nitrogen and oxygen atoms in total. The van der Waals surface area contributed by atoms with Crippen LogP contribution in [0.1, 0.15) is 20.3 Å². The molecule has 0 aromatic carbocycles. The van der Waals surface area contributed by atoms with Gasteiger partial charge in [-0.3, -0.25) is 0 Å². The Bertz CT molecular complexity index is 136. The van der Waals surface area contributed by atoms with E-state index in [0.29, 0.717) is 6.10 Å². The van der Waals surface area contributed by atoms with Crippen LogP contribution in [0.5, 0.6) is 0 Å². The molecule has 0 radical (unpaired) electrons. The molecule has 11 heavy (non-hydrogen) atoms. The van der Waals surface area contributed by atoms with Crippen molar-refractivity contribution < 1.29 is 9.47 Å². The van der Waals surface area contributed by atoms with Crippen LogP contribution in [0.4, 0.5) is 0 Å². The van der Waals surface area contributed by atoms with Crippen molar-refractivity contribution in [1.82, 2.24) is 0 Å². The molecule has 0 aromatic heterocycles. The second-order valence-electron chi connectivity index (χ2n) is 2.90. The Morgan fingerprint density at radius 3 is 2.82 bits per heavy atom. The number of hydrogen-bond donors (Lipinski definition) is 0. The van der Waals surface area contributed by atoms with Crippen molar-refractivity contribution in [3.05, 3.63) is 11.6 Å². The Morgan fingerprint density at radius 1 is 1.64 bits per heavy atom. The summed E-state index contributed by atoms with van der Waals surface area (Å²) in [6.07, 6.45) is 3.61. The predicted octanol–water partition coefficient (Wildman–Crippen LogP) is 1.76. The monoisotopic (exact) mass is 156 g/mol. The maximum atomic E-state index is 5.45. The first-order chi connectivity index (χ1) is 5.33. The molecule has 0 bridgehead atoms. The fraction of sp³-hybridized carbons (Fsp3) is 0.778. The van der Waals surface area contributed by atoms with E-state index >= 15 is 0 Å². The van der Waals surface area contributed by atoms with E-state index in [-0.39, 0.29) is 0 Å². The summed E-state index contributed by atoms with van der Waals surface area (Å²) in [7, 11) is 0. The molecule has 0 amide bonds. The summed E-state index contributed by atoms with van der Waals surface area (Å²) in [6, 6.07) is 0. The molecule has 0 N–H and O–H groups in total.